The number of carbonyl (C=O) groups is 1. The summed E-state index contributed by atoms with van der Waals surface area (Å²) in [4.78, 5) is 16.7. The van der Waals surface area contributed by atoms with Crippen LogP contribution in [0.2, 0.25) is 0 Å². The summed E-state index contributed by atoms with van der Waals surface area (Å²) in [5.74, 6) is 0.278. The zero-order valence-corrected chi connectivity index (χ0v) is 11.7. The summed E-state index contributed by atoms with van der Waals surface area (Å²) >= 11 is 0. The summed E-state index contributed by atoms with van der Waals surface area (Å²) in [6.07, 6.45) is 5.73. The molecule has 7 nitrogen and oxygen atoms in total. The van der Waals surface area contributed by atoms with E-state index in [4.69, 9.17) is 10.5 Å². The zero-order chi connectivity index (χ0) is 14.5. The van der Waals surface area contributed by atoms with Crippen molar-refractivity contribution in [3.8, 4) is 5.75 Å². The Morgan fingerprint density at radius 2 is 2.25 bits per heavy atom. The van der Waals surface area contributed by atoms with Crippen molar-refractivity contribution in [3.63, 3.8) is 0 Å². The SMILES string of the molecule is CCCn1ncc(OC)c1C(=O)c1cn(CCN)cn1. The Hall–Kier alpha value is -2.15. The second-order valence-corrected chi connectivity index (χ2v) is 4.40. The third kappa shape index (κ3) is 2.72. The highest BCUT2D eigenvalue weighted by atomic mass is 16.5. The van der Waals surface area contributed by atoms with Gasteiger partial charge in [-0.05, 0) is 6.42 Å². The maximum Gasteiger partial charge on any atom is 0.234 e. The van der Waals surface area contributed by atoms with Gasteiger partial charge in [0, 0.05) is 25.8 Å². The number of methoxy groups -OCH3 is 1. The lowest BCUT2D eigenvalue weighted by Gasteiger charge is -2.05. The van der Waals surface area contributed by atoms with Gasteiger partial charge in [0.1, 0.15) is 5.69 Å². The van der Waals surface area contributed by atoms with Crippen molar-refractivity contribution in [2.24, 2.45) is 5.73 Å². The molecular formula is C13H19N5O2. The van der Waals surface area contributed by atoms with Crippen LogP contribution in [-0.4, -0.2) is 38.8 Å². The van der Waals surface area contributed by atoms with E-state index in [1.165, 1.54) is 7.11 Å². The minimum atomic E-state index is -0.191. The van der Waals surface area contributed by atoms with Gasteiger partial charge in [-0.2, -0.15) is 5.10 Å². The Labute approximate surface area is 117 Å². The number of aryl methyl sites for hydroxylation is 1. The fourth-order valence-corrected chi connectivity index (χ4v) is 2.00. The van der Waals surface area contributed by atoms with E-state index in [9.17, 15) is 4.79 Å². The average molecular weight is 277 g/mol. The van der Waals surface area contributed by atoms with Crippen LogP contribution in [0.3, 0.4) is 0 Å². The van der Waals surface area contributed by atoms with Gasteiger partial charge >= 0.3 is 0 Å². The van der Waals surface area contributed by atoms with Crippen molar-refractivity contribution >= 4 is 5.78 Å². The van der Waals surface area contributed by atoms with Gasteiger partial charge in [-0.1, -0.05) is 6.92 Å². The molecule has 2 rings (SSSR count). The summed E-state index contributed by atoms with van der Waals surface area (Å²) in [7, 11) is 1.52. The molecule has 0 aliphatic carbocycles. The minimum Gasteiger partial charge on any atom is -0.493 e. The highest BCUT2D eigenvalue weighted by molar-refractivity contribution is 6.08. The molecule has 2 N–H and O–H groups in total. The fraction of sp³-hybridized carbons (Fsp3) is 0.462. The normalized spacial score (nSPS) is 10.8. The van der Waals surface area contributed by atoms with Crippen LogP contribution < -0.4 is 10.5 Å². The summed E-state index contributed by atoms with van der Waals surface area (Å²) in [6, 6.07) is 0. The first-order valence-corrected chi connectivity index (χ1v) is 6.57. The van der Waals surface area contributed by atoms with Crippen LogP contribution in [0.5, 0.6) is 5.75 Å². The molecule has 2 aromatic heterocycles. The van der Waals surface area contributed by atoms with Gasteiger partial charge in [0.25, 0.3) is 0 Å². The zero-order valence-electron chi connectivity index (χ0n) is 11.7. The number of aromatic nitrogens is 4. The molecule has 0 aliphatic rings. The fourth-order valence-electron chi connectivity index (χ4n) is 2.00. The van der Waals surface area contributed by atoms with Gasteiger partial charge in [0.05, 0.1) is 19.6 Å². The number of imidazole rings is 1. The molecule has 0 aliphatic heterocycles. The standard InChI is InChI=1S/C13H19N5O2/c1-3-5-18-12(11(20-2)7-16-18)13(19)10-8-17(6-4-14)9-15-10/h7-9H,3-6,14H2,1-2H3. The van der Waals surface area contributed by atoms with Crippen molar-refractivity contribution in [2.45, 2.75) is 26.4 Å². The highest BCUT2D eigenvalue weighted by Gasteiger charge is 2.22. The predicted octanol–water partition coefficient (Wildman–Crippen LogP) is 0.688. The van der Waals surface area contributed by atoms with Gasteiger partial charge in [0.15, 0.2) is 11.4 Å². The molecule has 7 heteroatoms. The third-order valence-electron chi connectivity index (χ3n) is 2.93. The van der Waals surface area contributed by atoms with Crippen molar-refractivity contribution in [2.75, 3.05) is 13.7 Å². The molecule has 0 radical (unpaired) electrons. The first-order chi connectivity index (χ1) is 9.71. The van der Waals surface area contributed by atoms with Crippen LogP contribution in [0.4, 0.5) is 0 Å². The Morgan fingerprint density at radius 1 is 1.45 bits per heavy atom. The van der Waals surface area contributed by atoms with E-state index in [-0.39, 0.29) is 5.78 Å². The monoisotopic (exact) mass is 277 g/mol. The Kier molecular flexibility index (Phi) is 4.52. The number of rotatable bonds is 7. The Morgan fingerprint density at radius 3 is 2.90 bits per heavy atom. The molecule has 0 bridgehead atoms. The molecule has 0 fully saturated rings. The van der Waals surface area contributed by atoms with E-state index >= 15 is 0 Å². The van der Waals surface area contributed by atoms with Crippen molar-refractivity contribution in [1.29, 1.82) is 0 Å². The van der Waals surface area contributed by atoms with E-state index in [2.05, 4.69) is 10.1 Å². The summed E-state index contributed by atoms with van der Waals surface area (Å²) < 4.78 is 8.66. The van der Waals surface area contributed by atoms with Crippen LogP contribution in [0.15, 0.2) is 18.7 Å². The number of ketones is 1. The van der Waals surface area contributed by atoms with Gasteiger partial charge in [-0.25, -0.2) is 4.98 Å². The molecule has 2 aromatic rings. The lowest BCUT2D eigenvalue weighted by atomic mass is 10.2. The van der Waals surface area contributed by atoms with Crippen molar-refractivity contribution in [1.82, 2.24) is 19.3 Å². The van der Waals surface area contributed by atoms with Crippen LogP contribution >= 0.6 is 0 Å². The lowest BCUT2D eigenvalue weighted by Crippen LogP contribution is -2.13. The average Bonchev–Trinajstić information content (AvgIpc) is 3.06. The van der Waals surface area contributed by atoms with Crippen molar-refractivity contribution in [3.05, 3.63) is 30.1 Å². The van der Waals surface area contributed by atoms with Crippen LogP contribution in [-0.2, 0) is 13.1 Å². The molecule has 0 saturated carbocycles. The molecule has 0 aromatic carbocycles. The number of carbonyl (C=O) groups excluding carboxylic acids is 1. The summed E-state index contributed by atoms with van der Waals surface area (Å²) in [5, 5.41) is 4.18. The number of nitrogens with zero attached hydrogens (tertiary/aromatic N) is 4. The molecule has 0 saturated heterocycles. The van der Waals surface area contributed by atoms with Gasteiger partial charge in [-0.3, -0.25) is 9.48 Å². The first kappa shape index (κ1) is 14.3. The van der Waals surface area contributed by atoms with E-state index in [0.29, 0.717) is 36.8 Å². The molecule has 0 spiro atoms. The number of hydrogen-bond donors (Lipinski definition) is 1. The second kappa shape index (κ2) is 6.33. The van der Waals surface area contributed by atoms with Crippen LogP contribution in [0.25, 0.3) is 0 Å². The van der Waals surface area contributed by atoms with Crippen LogP contribution in [0, 0.1) is 0 Å². The number of ether oxygens (including phenoxy) is 1. The smallest absolute Gasteiger partial charge is 0.234 e. The largest absolute Gasteiger partial charge is 0.493 e. The molecule has 20 heavy (non-hydrogen) atoms. The van der Waals surface area contributed by atoms with E-state index in [1.54, 1.807) is 28.0 Å². The number of nitrogens with two attached hydrogens (primary N) is 1. The topological polar surface area (TPSA) is 88.0 Å². The highest BCUT2D eigenvalue weighted by Crippen LogP contribution is 2.21. The Balaban J connectivity index is 2.33. The molecule has 0 atom stereocenters. The van der Waals surface area contributed by atoms with Crippen LogP contribution in [0.1, 0.15) is 29.5 Å². The third-order valence-corrected chi connectivity index (χ3v) is 2.93. The molecule has 108 valence electrons. The van der Waals surface area contributed by atoms with Gasteiger partial charge in [-0.15, -0.1) is 0 Å². The predicted molar refractivity (Wildman–Crippen MR) is 73.8 cm³/mol. The molecule has 0 unspecified atom stereocenters. The molecule has 0 amide bonds. The summed E-state index contributed by atoms with van der Waals surface area (Å²) in [5.41, 5.74) is 6.29. The summed E-state index contributed by atoms with van der Waals surface area (Å²) in [6.45, 7) is 3.82. The van der Waals surface area contributed by atoms with Crippen molar-refractivity contribution < 1.29 is 9.53 Å². The van der Waals surface area contributed by atoms with Gasteiger partial charge in [0.2, 0.25) is 5.78 Å². The second-order valence-electron chi connectivity index (χ2n) is 4.40. The minimum absolute atomic E-state index is 0.191. The number of hydrogen-bond acceptors (Lipinski definition) is 5. The molecule has 2 heterocycles. The Bertz CT molecular complexity index is 587. The maximum atomic E-state index is 12.6. The van der Waals surface area contributed by atoms with E-state index in [1.807, 2.05) is 6.92 Å². The van der Waals surface area contributed by atoms with E-state index < -0.39 is 0 Å². The first-order valence-electron chi connectivity index (χ1n) is 6.57. The maximum absolute atomic E-state index is 12.6. The van der Waals surface area contributed by atoms with Gasteiger partial charge < -0.3 is 15.0 Å². The quantitative estimate of drug-likeness (QED) is 0.752. The molecular weight excluding hydrogens is 258 g/mol. The van der Waals surface area contributed by atoms with E-state index in [0.717, 1.165) is 6.42 Å². The lowest BCUT2D eigenvalue weighted by molar-refractivity contribution is 0.102.